The second-order valence-corrected chi connectivity index (χ2v) is 7.05. The molecule has 0 unspecified atom stereocenters. The van der Waals surface area contributed by atoms with Crippen molar-refractivity contribution in [2.45, 2.75) is 4.90 Å². The molecule has 1 heterocycles. The van der Waals surface area contributed by atoms with Crippen LogP contribution in [0.2, 0.25) is 0 Å². The molecule has 0 saturated carbocycles. The summed E-state index contributed by atoms with van der Waals surface area (Å²) in [7, 11) is -1.23. The predicted octanol–water partition coefficient (Wildman–Crippen LogP) is 0.135. The quantitative estimate of drug-likeness (QED) is 0.487. The maximum absolute atomic E-state index is 11.9. The first kappa shape index (κ1) is 14.8. The topological polar surface area (TPSA) is 79.0 Å². The molecule has 1 aromatic rings. The fourth-order valence-electron chi connectivity index (χ4n) is 2.29. The van der Waals surface area contributed by atoms with Crippen molar-refractivity contribution in [2.24, 2.45) is 10.9 Å². The molecule has 7 heteroatoms. The van der Waals surface area contributed by atoms with Gasteiger partial charge >= 0.3 is 0 Å². The predicted molar refractivity (Wildman–Crippen MR) is 81.0 cm³/mol. The number of nitrogens with zero attached hydrogens (tertiary/aromatic N) is 3. The lowest BCUT2D eigenvalue weighted by molar-refractivity contribution is 0.313. The van der Waals surface area contributed by atoms with Gasteiger partial charge in [-0.15, -0.1) is 0 Å². The van der Waals surface area contributed by atoms with Gasteiger partial charge in [-0.05, 0) is 25.2 Å². The van der Waals surface area contributed by atoms with Crippen LogP contribution >= 0.6 is 0 Å². The number of hydrogen-bond acceptors (Lipinski definition) is 6. The van der Waals surface area contributed by atoms with E-state index in [1.54, 1.807) is 12.1 Å². The molecule has 0 atom stereocenters. The number of hydrogen-bond donors (Lipinski definition) is 1. The minimum atomic E-state index is -3.31. The van der Waals surface area contributed by atoms with Gasteiger partial charge in [-0.3, -0.25) is 0 Å². The van der Waals surface area contributed by atoms with Crippen LogP contribution in [0, 0.1) is 0 Å². The van der Waals surface area contributed by atoms with Gasteiger partial charge in [0.2, 0.25) is 0 Å². The molecule has 0 amide bonds. The van der Waals surface area contributed by atoms with Gasteiger partial charge in [0.1, 0.15) is 0 Å². The Kier molecular flexibility index (Phi) is 4.29. The first-order chi connectivity index (χ1) is 9.41. The monoisotopic (exact) mass is 296 g/mol. The van der Waals surface area contributed by atoms with Gasteiger partial charge in [0.05, 0.1) is 11.1 Å². The Balaban J connectivity index is 2.37. The maximum atomic E-state index is 11.9. The summed E-state index contributed by atoms with van der Waals surface area (Å²) in [5, 5.41) is 3.42. The third kappa shape index (κ3) is 3.29. The van der Waals surface area contributed by atoms with Crippen molar-refractivity contribution >= 4 is 21.7 Å². The number of nitrogens with two attached hydrogens (primary N) is 1. The van der Waals surface area contributed by atoms with Gasteiger partial charge in [-0.1, -0.05) is 0 Å². The van der Waals surface area contributed by atoms with E-state index in [2.05, 4.69) is 21.9 Å². The molecule has 0 radical (unpaired) electrons. The molecule has 2 N–H and O–H groups in total. The fraction of sp³-hybridized carbons (Fsp3) is 0.462. The summed E-state index contributed by atoms with van der Waals surface area (Å²) in [5.41, 5.74) is 1.44. The molecular formula is C13H20N4O2S. The average molecular weight is 296 g/mol. The molecule has 2 rings (SSSR count). The molecule has 0 aromatic heterocycles. The minimum absolute atomic E-state index is 0.267. The van der Waals surface area contributed by atoms with Crippen molar-refractivity contribution in [1.82, 2.24) is 4.90 Å². The Labute approximate surface area is 119 Å². The first-order valence-corrected chi connectivity index (χ1v) is 8.32. The molecule has 1 aliphatic rings. The van der Waals surface area contributed by atoms with Gasteiger partial charge in [-0.2, -0.15) is 5.10 Å². The molecule has 0 spiro atoms. The Bertz CT molecular complexity index is 605. The van der Waals surface area contributed by atoms with E-state index in [1.807, 2.05) is 6.07 Å². The molecule has 0 aliphatic carbocycles. The lowest BCUT2D eigenvalue weighted by atomic mass is 10.2. The Morgan fingerprint density at radius 3 is 2.45 bits per heavy atom. The Hall–Kier alpha value is -1.60. The summed E-state index contributed by atoms with van der Waals surface area (Å²) in [6.45, 7) is 3.73. The van der Waals surface area contributed by atoms with Crippen molar-refractivity contribution in [3.8, 4) is 0 Å². The van der Waals surface area contributed by atoms with Gasteiger partial charge in [0.25, 0.3) is 0 Å². The third-order valence-electron chi connectivity index (χ3n) is 3.48. The standard InChI is InChI=1S/C13H20N4O2S/c1-16-5-7-17(8-6-16)12-4-3-11(10-15-14)13(9-12)20(2,18)19/h3-4,9-10H,5-8,14H2,1-2H3. The molecular weight excluding hydrogens is 276 g/mol. The number of rotatable bonds is 3. The van der Waals surface area contributed by atoms with Crippen molar-refractivity contribution in [3.63, 3.8) is 0 Å². The summed E-state index contributed by atoms with van der Waals surface area (Å²) < 4.78 is 23.8. The molecule has 20 heavy (non-hydrogen) atoms. The van der Waals surface area contributed by atoms with E-state index in [-0.39, 0.29) is 4.90 Å². The summed E-state index contributed by atoms with van der Waals surface area (Å²) in [4.78, 5) is 4.71. The lowest BCUT2D eigenvalue weighted by Gasteiger charge is -2.34. The Morgan fingerprint density at radius 2 is 1.90 bits per heavy atom. The Morgan fingerprint density at radius 1 is 1.25 bits per heavy atom. The number of likely N-dealkylation sites (N-methyl/N-ethyl adjacent to an activating group) is 1. The number of anilines is 1. The van der Waals surface area contributed by atoms with Crippen molar-refractivity contribution in [1.29, 1.82) is 0 Å². The highest BCUT2D eigenvalue weighted by molar-refractivity contribution is 7.90. The number of sulfone groups is 1. The SMILES string of the molecule is CN1CCN(c2ccc(C=NN)c(S(C)(=O)=O)c2)CC1. The van der Waals surface area contributed by atoms with Gasteiger partial charge in [0, 0.05) is 43.7 Å². The summed E-state index contributed by atoms with van der Waals surface area (Å²) in [5.74, 6) is 5.13. The van der Waals surface area contributed by atoms with Crippen LogP contribution in [-0.4, -0.2) is 59.0 Å². The fourth-order valence-corrected chi connectivity index (χ4v) is 3.18. The summed E-state index contributed by atoms with van der Waals surface area (Å²) in [6.07, 6.45) is 2.56. The highest BCUT2D eigenvalue weighted by Crippen LogP contribution is 2.23. The van der Waals surface area contributed by atoms with E-state index in [0.717, 1.165) is 31.9 Å². The van der Waals surface area contributed by atoms with Gasteiger partial charge in [0.15, 0.2) is 9.84 Å². The average Bonchev–Trinajstić information content (AvgIpc) is 2.39. The second kappa shape index (κ2) is 5.80. The molecule has 1 aromatic carbocycles. The molecule has 1 saturated heterocycles. The van der Waals surface area contributed by atoms with E-state index in [0.29, 0.717) is 5.56 Å². The first-order valence-electron chi connectivity index (χ1n) is 6.42. The van der Waals surface area contributed by atoms with E-state index in [1.165, 1.54) is 12.5 Å². The number of benzene rings is 1. The number of piperazine rings is 1. The smallest absolute Gasteiger partial charge is 0.176 e. The van der Waals surface area contributed by atoms with Crippen LogP contribution in [0.4, 0.5) is 5.69 Å². The van der Waals surface area contributed by atoms with Crippen LogP contribution in [0.25, 0.3) is 0 Å². The third-order valence-corrected chi connectivity index (χ3v) is 4.63. The number of hydrazone groups is 1. The zero-order valence-corrected chi connectivity index (χ0v) is 12.6. The highest BCUT2D eigenvalue weighted by atomic mass is 32.2. The van der Waals surface area contributed by atoms with Crippen LogP contribution in [0.1, 0.15) is 5.56 Å². The van der Waals surface area contributed by atoms with E-state index < -0.39 is 9.84 Å². The zero-order valence-electron chi connectivity index (χ0n) is 11.8. The lowest BCUT2D eigenvalue weighted by Crippen LogP contribution is -2.44. The summed E-state index contributed by atoms with van der Waals surface area (Å²) in [6, 6.07) is 5.37. The maximum Gasteiger partial charge on any atom is 0.176 e. The van der Waals surface area contributed by atoms with E-state index >= 15 is 0 Å². The molecule has 6 nitrogen and oxygen atoms in total. The second-order valence-electron chi connectivity index (χ2n) is 5.06. The summed E-state index contributed by atoms with van der Waals surface area (Å²) >= 11 is 0. The molecule has 110 valence electrons. The van der Waals surface area contributed by atoms with Crippen LogP contribution in [0.5, 0.6) is 0 Å². The molecule has 0 bridgehead atoms. The van der Waals surface area contributed by atoms with Crippen LogP contribution < -0.4 is 10.7 Å². The molecule has 1 aliphatic heterocycles. The largest absolute Gasteiger partial charge is 0.369 e. The minimum Gasteiger partial charge on any atom is -0.369 e. The van der Waals surface area contributed by atoms with Crippen LogP contribution in [0.3, 0.4) is 0 Å². The van der Waals surface area contributed by atoms with Crippen LogP contribution in [0.15, 0.2) is 28.2 Å². The van der Waals surface area contributed by atoms with E-state index in [9.17, 15) is 8.42 Å². The normalized spacial score (nSPS) is 17.8. The van der Waals surface area contributed by atoms with Crippen LogP contribution in [-0.2, 0) is 9.84 Å². The van der Waals surface area contributed by atoms with Crippen molar-refractivity contribution in [3.05, 3.63) is 23.8 Å². The van der Waals surface area contributed by atoms with Gasteiger partial charge < -0.3 is 15.6 Å². The highest BCUT2D eigenvalue weighted by Gasteiger charge is 2.18. The van der Waals surface area contributed by atoms with E-state index in [4.69, 9.17) is 5.84 Å². The zero-order chi connectivity index (χ0) is 14.8. The molecule has 1 fully saturated rings. The van der Waals surface area contributed by atoms with Crippen molar-refractivity contribution in [2.75, 3.05) is 44.4 Å². The van der Waals surface area contributed by atoms with Crippen molar-refractivity contribution < 1.29 is 8.42 Å². The van der Waals surface area contributed by atoms with Gasteiger partial charge in [-0.25, -0.2) is 8.42 Å².